The summed E-state index contributed by atoms with van der Waals surface area (Å²) >= 11 is 1.42. The smallest absolute Gasteiger partial charge is 0.264 e. The van der Waals surface area contributed by atoms with Crippen LogP contribution in [-0.2, 0) is 0 Å². The average Bonchev–Trinajstić information content (AvgIpc) is 3.21. The van der Waals surface area contributed by atoms with Crippen LogP contribution in [-0.4, -0.2) is 61.0 Å². The first-order valence-electron chi connectivity index (χ1n) is 8.57. The Kier molecular flexibility index (Phi) is 5.63. The van der Waals surface area contributed by atoms with Crippen LogP contribution < -0.4 is 5.32 Å². The highest BCUT2D eigenvalue weighted by atomic mass is 35.5. The van der Waals surface area contributed by atoms with E-state index in [0.29, 0.717) is 16.3 Å². The maximum atomic E-state index is 14.1. The first kappa shape index (κ1) is 18.6. The summed E-state index contributed by atoms with van der Waals surface area (Å²) in [7, 11) is 0. The Bertz CT molecular complexity index is 775. The van der Waals surface area contributed by atoms with Gasteiger partial charge >= 0.3 is 0 Å². The fourth-order valence-corrected chi connectivity index (χ4v) is 5.06. The van der Waals surface area contributed by atoms with Gasteiger partial charge < -0.3 is 10.2 Å². The van der Waals surface area contributed by atoms with Crippen molar-refractivity contribution in [1.29, 1.82) is 0 Å². The zero-order valence-corrected chi connectivity index (χ0v) is 15.9. The lowest BCUT2D eigenvalue weighted by Gasteiger charge is -2.32. The highest BCUT2D eigenvalue weighted by Crippen LogP contribution is 2.34. The molecule has 25 heavy (non-hydrogen) atoms. The Morgan fingerprint density at radius 3 is 2.76 bits per heavy atom. The summed E-state index contributed by atoms with van der Waals surface area (Å²) in [5.41, 5.74) is 0.781. The second kappa shape index (κ2) is 7.58. The van der Waals surface area contributed by atoms with Crippen molar-refractivity contribution >= 4 is 39.7 Å². The Hall–Kier alpha value is -1.21. The van der Waals surface area contributed by atoms with Crippen molar-refractivity contribution in [2.45, 2.75) is 19.4 Å². The van der Waals surface area contributed by atoms with Crippen molar-refractivity contribution in [1.82, 2.24) is 15.1 Å². The number of fused-ring (bicyclic) bond motifs is 1. The fraction of sp³-hybridized carbons (Fsp3) is 0.500. The molecule has 4 nitrogen and oxygen atoms in total. The van der Waals surface area contributed by atoms with Crippen LogP contribution in [0.3, 0.4) is 0 Å². The van der Waals surface area contributed by atoms with Crippen LogP contribution in [0.4, 0.5) is 4.39 Å². The molecule has 2 aromatic rings. The Morgan fingerprint density at radius 2 is 2.04 bits per heavy atom. The number of piperazine rings is 1. The summed E-state index contributed by atoms with van der Waals surface area (Å²) in [5, 5.41) is 3.97. The van der Waals surface area contributed by atoms with Crippen molar-refractivity contribution in [3.63, 3.8) is 0 Å². The van der Waals surface area contributed by atoms with Crippen LogP contribution in [0.5, 0.6) is 0 Å². The van der Waals surface area contributed by atoms with E-state index in [1.807, 2.05) is 17.9 Å². The minimum absolute atomic E-state index is 0. The van der Waals surface area contributed by atoms with Gasteiger partial charge in [-0.25, -0.2) is 4.39 Å². The number of thiophene rings is 1. The molecule has 7 heteroatoms. The van der Waals surface area contributed by atoms with Crippen LogP contribution in [0, 0.1) is 12.7 Å². The number of nitrogens with one attached hydrogen (secondary N) is 1. The molecule has 0 aliphatic carbocycles. The number of hydrogen-bond donors (Lipinski definition) is 1. The van der Waals surface area contributed by atoms with Gasteiger partial charge in [0.15, 0.2) is 0 Å². The van der Waals surface area contributed by atoms with Gasteiger partial charge in [0.05, 0.1) is 4.88 Å². The van der Waals surface area contributed by atoms with Gasteiger partial charge in [-0.05, 0) is 31.0 Å². The van der Waals surface area contributed by atoms with Crippen molar-refractivity contribution in [3.8, 4) is 0 Å². The standard InChI is InChI=1S/C18H22FN3OS.ClH/c1-12-16-14(19)3-2-4-15(16)24-17(12)18(23)22-8-5-13(11-22)21-9-6-20-7-10-21;/h2-4,13,20H,5-11H2,1H3;1H. The summed E-state index contributed by atoms with van der Waals surface area (Å²) in [6.45, 7) is 7.61. The summed E-state index contributed by atoms with van der Waals surface area (Å²) in [5.74, 6) is -0.175. The third-order valence-corrected chi connectivity index (χ3v) is 6.46. The molecule has 2 fully saturated rings. The summed E-state index contributed by atoms with van der Waals surface area (Å²) < 4.78 is 14.9. The molecule has 1 aromatic heterocycles. The average molecular weight is 384 g/mol. The zero-order chi connectivity index (χ0) is 16.7. The molecule has 0 saturated carbocycles. The maximum Gasteiger partial charge on any atom is 0.264 e. The van der Waals surface area contributed by atoms with Crippen LogP contribution in [0.25, 0.3) is 10.1 Å². The van der Waals surface area contributed by atoms with E-state index in [1.54, 1.807) is 6.07 Å². The molecule has 1 aromatic carbocycles. The number of aryl methyl sites for hydroxylation is 1. The van der Waals surface area contributed by atoms with E-state index in [0.717, 1.165) is 56.0 Å². The molecule has 4 rings (SSSR count). The fourth-order valence-electron chi connectivity index (χ4n) is 3.87. The molecular weight excluding hydrogens is 361 g/mol. The predicted octanol–water partition coefficient (Wildman–Crippen LogP) is 2.89. The molecule has 1 atom stereocenters. The largest absolute Gasteiger partial charge is 0.336 e. The molecule has 2 aliphatic rings. The number of nitrogens with zero attached hydrogens (tertiary/aromatic N) is 2. The van der Waals surface area contributed by atoms with Crippen molar-refractivity contribution in [2.24, 2.45) is 0 Å². The monoisotopic (exact) mass is 383 g/mol. The number of amides is 1. The first-order valence-corrected chi connectivity index (χ1v) is 9.38. The Labute approximate surface area is 157 Å². The SMILES string of the molecule is Cc1c(C(=O)N2CCC(N3CCNCC3)C2)sc2cccc(F)c12.Cl. The van der Waals surface area contributed by atoms with Crippen LogP contribution in [0.2, 0.25) is 0 Å². The lowest BCUT2D eigenvalue weighted by atomic mass is 10.1. The van der Waals surface area contributed by atoms with Gasteiger partial charge in [-0.3, -0.25) is 9.69 Å². The van der Waals surface area contributed by atoms with E-state index in [1.165, 1.54) is 17.4 Å². The van der Waals surface area contributed by atoms with Gasteiger partial charge in [0.25, 0.3) is 5.91 Å². The van der Waals surface area contributed by atoms with Gasteiger partial charge in [-0.2, -0.15) is 0 Å². The third-order valence-electron chi connectivity index (χ3n) is 5.22. The minimum Gasteiger partial charge on any atom is -0.336 e. The predicted molar refractivity (Wildman–Crippen MR) is 103 cm³/mol. The number of benzene rings is 1. The molecule has 1 amide bonds. The summed E-state index contributed by atoms with van der Waals surface area (Å²) in [6, 6.07) is 5.52. The molecule has 0 spiro atoms. The molecule has 2 saturated heterocycles. The Morgan fingerprint density at radius 1 is 1.28 bits per heavy atom. The Balaban J connectivity index is 0.00000182. The van der Waals surface area contributed by atoms with Crippen molar-refractivity contribution in [3.05, 3.63) is 34.5 Å². The molecule has 1 N–H and O–H groups in total. The third kappa shape index (κ3) is 3.40. The lowest BCUT2D eigenvalue weighted by Crippen LogP contribution is -2.49. The van der Waals surface area contributed by atoms with Gasteiger partial charge in [-0.15, -0.1) is 23.7 Å². The van der Waals surface area contributed by atoms with E-state index >= 15 is 0 Å². The van der Waals surface area contributed by atoms with Crippen LogP contribution >= 0.6 is 23.7 Å². The molecule has 1 unspecified atom stereocenters. The topological polar surface area (TPSA) is 35.6 Å². The number of rotatable bonds is 2. The van der Waals surface area contributed by atoms with E-state index in [4.69, 9.17) is 0 Å². The van der Waals surface area contributed by atoms with Crippen LogP contribution in [0.15, 0.2) is 18.2 Å². The first-order chi connectivity index (χ1) is 11.6. The summed E-state index contributed by atoms with van der Waals surface area (Å²) in [4.78, 5) is 18.1. The number of carbonyl (C=O) groups excluding carboxylic acids is 1. The quantitative estimate of drug-likeness (QED) is 0.866. The highest BCUT2D eigenvalue weighted by molar-refractivity contribution is 7.21. The molecule has 136 valence electrons. The van der Waals surface area contributed by atoms with Gasteiger partial charge in [0.1, 0.15) is 5.82 Å². The molecule has 3 heterocycles. The van der Waals surface area contributed by atoms with E-state index in [-0.39, 0.29) is 24.1 Å². The van der Waals surface area contributed by atoms with E-state index < -0.39 is 0 Å². The maximum absolute atomic E-state index is 14.1. The number of carbonyl (C=O) groups is 1. The van der Waals surface area contributed by atoms with Gasteiger partial charge in [0, 0.05) is 55.4 Å². The number of likely N-dealkylation sites (tertiary alicyclic amines) is 1. The minimum atomic E-state index is -0.236. The van der Waals surface area contributed by atoms with Crippen molar-refractivity contribution in [2.75, 3.05) is 39.3 Å². The van der Waals surface area contributed by atoms with Crippen molar-refractivity contribution < 1.29 is 9.18 Å². The van der Waals surface area contributed by atoms with Gasteiger partial charge in [0.2, 0.25) is 0 Å². The second-order valence-corrected chi connectivity index (χ2v) is 7.70. The summed E-state index contributed by atoms with van der Waals surface area (Å²) in [6.07, 6.45) is 1.03. The second-order valence-electron chi connectivity index (χ2n) is 6.65. The molecule has 0 bridgehead atoms. The normalized spacial score (nSPS) is 21.5. The van der Waals surface area contributed by atoms with Gasteiger partial charge in [-0.1, -0.05) is 6.07 Å². The van der Waals surface area contributed by atoms with Crippen LogP contribution in [0.1, 0.15) is 21.7 Å². The lowest BCUT2D eigenvalue weighted by molar-refractivity contribution is 0.0777. The zero-order valence-electron chi connectivity index (χ0n) is 14.3. The number of halogens is 2. The highest BCUT2D eigenvalue weighted by Gasteiger charge is 2.32. The van der Waals surface area contributed by atoms with E-state index in [2.05, 4.69) is 10.2 Å². The molecule has 0 radical (unpaired) electrons. The number of hydrogen-bond acceptors (Lipinski definition) is 4. The molecule has 2 aliphatic heterocycles. The van der Waals surface area contributed by atoms with E-state index in [9.17, 15) is 9.18 Å². The molecular formula is C18H23ClFN3OS.